The fraction of sp³-hybridized carbons (Fsp3) is 0.524. The van der Waals surface area contributed by atoms with Crippen LogP contribution in [0.15, 0.2) is 36.9 Å². The number of nitrogens with zero attached hydrogens (tertiary/aromatic N) is 6. The van der Waals surface area contributed by atoms with Crippen molar-refractivity contribution >= 4 is 11.8 Å². The first-order chi connectivity index (χ1) is 14.1. The zero-order chi connectivity index (χ0) is 20.2. The molecule has 0 spiro atoms. The Morgan fingerprint density at radius 2 is 1.79 bits per heavy atom. The van der Waals surface area contributed by atoms with Gasteiger partial charge in [-0.15, -0.1) is 0 Å². The molecule has 0 unspecified atom stereocenters. The molecule has 0 aliphatic carbocycles. The Kier molecular flexibility index (Phi) is 5.89. The van der Waals surface area contributed by atoms with Crippen molar-refractivity contribution in [3.63, 3.8) is 0 Å². The smallest absolute Gasteiger partial charge is 0.257 e. The number of amides is 2. The van der Waals surface area contributed by atoms with Crippen LogP contribution < -0.4 is 0 Å². The molecule has 154 valence electrons. The van der Waals surface area contributed by atoms with Crippen LogP contribution in [0.5, 0.6) is 0 Å². The van der Waals surface area contributed by atoms with Crippen molar-refractivity contribution in [2.45, 2.75) is 19.3 Å². The van der Waals surface area contributed by atoms with E-state index in [1.54, 1.807) is 29.5 Å². The number of hydrogen-bond donors (Lipinski definition) is 0. The second-order valence-electron chi connectivity index (χ2n) is 8.01. The van der Waals surface area contributed by atoms with Crippen LogP contribution in [-0.4, -0.2) is 87.6 Å². The van der Waals surface area contributed by atoms with E-state index in [9.17, 15) is 9.59 Å². The Balaban J connectivity index is 1.28. The van der Waals surface area contributed by atoms with E-state index in [1.165, 1.54) is 0 Å². The van der Waals surface area contributed by atoms with Gasteiger partial charge in [-0.05, 0) is 37.9 Å². The minimum Gasteiger partial charge on any atom is -0.340 e. The van der Waals surface area contributed by atoms with Crippen molar-refractivity contribution in [3.8, 4) is 5.69 Å². The van der Waals surface area contributed by atoms with E-state index in [2.05, 4.69) is 22.0 Å². The highest BCUT2D eigenvalue weighted by atomic mass is 16.2. The second kappa shape index (κ2) is 8.73. The fourth-order valence-corrected chi connectivity index (χ4v) is 4.02. The lowest BCUT2D eigenvalue weighted by atomic mass is 9.92. The summed E-state index contributed by atoms with van der Waals surface area (Å²) < 4.78 is 1.67. The van der Waals surface area contributed by atoms with Crippen LogP contribution in [-0.2, 0) is 4.79 Å². The summed E-state index contributed by atoms with van der Waals surface area (Å²) in [5, 5.41) is 4.29. The van der Waals surface area contributed by atoms with Crippen LogP contribution in [0.1, 0.15) is 29.6 Å². The Morgan fingerprint density at radius 1 is 1.03 bits per heavy atom. The van der Waals surface area contributed by atoms with E-state index in [1.807, 2.05) is 21.9 Å². The zero-order valence-electron chi connectivity index (χ0n) is 16.9. The van der Waals surface area contributed by atoms with Gasteiger partial charge in [-0.3, -0.25) is 14.6 Å². The third kappa shape index (κ3) is 4.64. The summed E-state index contributed by atoms with van der Waals surface area (Å²) >= 11 is 0. The molecule has 4 rings (SSSR count). The van der Waals surface area contributed by atoms with E-state index in [0.717, 1.165) is 44.7 Å². The first kappa shape index (κ1) is 19.6. The van der Waals surface area contributed by atoms with Gasteiger partial charge in [0.15, 0.2) is 0 Å². The second-order valence-corrected chi connectivity index (χ2v) is 8.01. The van der Waals surface area contributed by atoms with Gasteiger partial charge in [0.2, 0.25) is 5.91 Å². The molecule has 4 heterocycles. The molecular formula is C21H28N6O2. The molecule has 29 heavy (non-hydrogen) atoms. The monoisotopic (exact) mass is 396 g/mol. The molecule has 8 heteroatoms. The van der Waals surface area contributed by atoms with Crippen LogP contribution in [0.25, 0.3) is 5.69 Å². The number of rotatable bonds is 4. The Hall–Kier alpha value is -2.74. The minimum atomic E-state index is 0.00369. The molecule has 0 saturated carbocycles. The maximum absolute atomic E-state index is 12.8. The average molecular weight is 396 g/mol. The lowest BCUT2D eigenvalue weighted by Crippen LogP contribution is -2.48. The fourth-order valence-electron chi connectivity index (χ4n) is 4.02. The van der Waals surface area contributed by atoms with Gasteiger partial charge in [0.1, 0.15) is 0 Å². The summed E-state index contributed by atoms with van der Waals surface area (Å²) in [6, 6.07) is 3.74. The number of aromatic nitrogens is 3. The van der Waals surface area contributed by atoms with Crippen LogP contribution >= 0.6 is 0 Å². The van der Waals surface area contributed by atoms with E-state index in [0.29, 0.717) is 31.0 Å². The predicted octanol–water partition coefficient (Wildman–Crippen LogP) is 1.28. The molecule has 2 fully saturated rings. The van der Waals surface area contributed by atoms with Crippen LogP contribution in [0, 0.1) is 5.92 Å². The van der Waals surface area contributed by atoms with Gasteiger partial charge in [-0.2, -0.15) is 5.10 Å². The van der Waals surface area contributed by atoms with Gasteiger partial charge in [-0.25, -0.2) is 4.68 Å². The molecule has 8 nitrogen and oxygen atoms in total. The summed E-state index contributed by atoms with van der Waals surface area (Å²) in [5.41, 5.74) is 1.41. The molecule has 0 bridgehead atoms. The largest absolute Gasteiger partial charge is 0.340 e. The molecule has 2 aliphatic heterocycles. The van der Waals surface area contributed by atoms with Gasteiger partial charge < -0.3 is 14.7 Å². The lowest BCUT2D eigenvalue weighted by molar-refractivity contribution is -0.134. The Labute approximate surface area is 171 Å². The Bertz CT molecular complexity index is 836. The number of likely N-dealkylation sites (tertiary alicyclic amines) is 1. The standard InChI is InChI=1S/C21H28N6O2/c1-24-9-11-25(12-10-24)20(28)13-17-4-7-26(8-5-17)21(29)18-14-23-27(16-18)19-3-2-6-22-15-19/h2-3,6,14-17H,4-5,7-13H2,1H3. The maximum atomic E-state index is 12.8. The maximum Gasteiger partial charge on any atom is 0.257 e. The molecule has 0 atom stereocenters. The minimum absolute atomic E-state index is 0.00369. The van der Waals surface area contributed by atoms with Gasteiger partial charge in [0.25, 0.3) is 5.91 Å². The number of piperazine rings is 1. The summed E-state index contributed by atoms with van der Waals surface area (Å²) in [6.45, 7) is 4.94. The third-order valence-corrected chi connectivity index (χ3v) is 5.96. The highest BCUT2D eigenvalue weighted by Gasteiger charge is 2.28. The normalized spacial score (nSPS) is 18.8. The van der Waals surface area contributed by atoms with Crippen molar-refractivity contribution < 1.29 is 9.59 Å². The van der Waals surface area contributed by atoms with E-state index in [-0.39, 0.29) is 11.8 Å². The molecule has 2 aromatic rings. The van der Waals surface area contributed by atoms with E-state index < -0.39 is 0 Å². The van der Waals surface area contributed by atoms with E-state index >= 15 is 0 Å². The first-order valence-corrected chi connectivity index (χ1v) is 10.3. The van der Waals surface area contributed by atoms with Crippen LogP contribution in [0.3, 0.4) is 0 Å². The topological polar surface area (TPSA) is 74.6 Å². The number of piperidine rings is 1. The SMILES string of the molecule is CN1CCN(C(=O)CC2CCN(C(=O)c3cnn(-c4cccnc4)c3)CC2)CC1. The Morgan fingerprint density at radius 3 is 2.48 bits per heavy atom. The van der Waals surface area contributed by atoms with Gasteiger partial charge in [0, 0.05) is 58.1 Å². The number of hydrogen-bond acceptors (Lipinski definition) is 5. The first-order valence-electron chi connectivity index (χ1n) is 10.3. The van der Waals surface area contributed by atoms with Crippen molar-refractivity contribution in [2.75, 3.05) is 46.3 Å². The molecule has 2 saturated heterocycles. The number of likely N-dealkylation sites (N-methyl/N-ethyl adjacent to an activating group) is 1. The molecule has 2 aliphatic rings. The van der Waals surface area contributed by atoms with Crippen molar-refractivity contribution in [2.24, 2.45) is 5.92 Å². The van der Waals surface area contributed by atoms with Crippen molar-refractivity contribution in [3.05, 3.63) is 42.5 Å². The van der Waals surface area contributed by atoms with Gasteiger partial charge in [0.05, 0.1) is 23.6 Å². The molecule has 0 radical (unpaired) electrons. The van der Waals surface area contributed by atoms with Crippen molar-refractivity contribution in [1.29, 1.82) is 0 Å². The summed E-state index contributed by atoms with van der Waals surface area (Å²) in [4.78, 5) is 35.6. The van der Waals surface area contributed by atoms with Crippen molar-refractivity contribution in [1.82, 2.24) is 29.5 Å². The van der Waals surface area contributed by atoms with Gasteiger partial charge in [-0.1, -0.05) is 0 Å². The molecule has 2 aromatic heterocycles. The highest BCUT2D eigenvalue weighted by Crippen LogP contribution is 2.23. The summed E-state index contributed by atoms with van der Waals surface area (Å²) in [5.74, 6) is 0.633. The summed E-state index contributed by atoms with van der Waals surface area (Å²) in [6.07, 6.45) is 9.14. The summed E-state index contributed by atoms with van der Waals surface area (Å²) in [7, 11) is 2.09. The average Bonchev–Trinajstić information content (AvgIpc) is 3.25. The molecule has 0 N–H and O–H groups in total. The van der Waals surface area contributed by atoms with Crippen LogP contribution in [0.2, 0.25) is 0 Å². The molecular weight excluding hydrogens is 368 g/mol. The molecule has 2 amide bonds. The molecule has 0 aromatic carbocycles. The predicted molar refractivity (Wildman–Crippen MR) is 109 cm³/mol. The quantitative estimate of drug-likeness (QED) is 0.778. The number of carbonyl (C=O) groups is 2. The number of carbonyl (C=O) groups excluding carboxylic acids is 2. The lowest BCUT2D eigenvalue weighted by Gasteiger charge is -2.35. The zero-order valence-corrected chi connectivity index (χ0v) is 16.9. The van der Waals surface area contributed by atoms with Crippen LogP contribution in [0.4, 0.5) is 0 Å². The third-order valence-electron chi connectivity index (χ3n) is 5.96. The van der Waals surface area contributed by atoms with E-state index in [4.69, 9.17) is 0 Å². The van der Waals surface area contributed by atoms with Gasteiger partial charge >= 0.3 is 0 Å². The highest BCUT2D eigenvalue weighted by molar-refractivity contribution is 5.93. The number of pyridine rings is 1.